The van der Waals surface area contributed by atoms with E-state index in [1.807, 2.05) is 82.3 Å². The van der Waals surface area contributed by atoms with E-state index in [0.29, 0.717) is 11.4 Å². The van der Waals surface area contributed by atoms with Gasteiger partial charge in [0.1, 0.15) is 5.75 Å². The molecule has 0 aliphatic carbocycles. The number of nitrogens with zero attached hydrogens (tertiary/aromatic N) is 3. The highest BCUT2D eigenvalue weighted by Gasteiger charge is 2.17. The second-order valence-corrected chi connectivity index (χ2v) is 8.29. The Balaban J connectivity index is 1.62. The number of carbonyl (C=O) groups is 1. The first kappa shape index (κ1) is 18.5. The average Bonchev–Trinajstić information content (AvgIpc) is 3.42. The van der Waals surface area contributed by atoms with Crippen LogP contribution in [0.1, 0.15) is 4.88 Å². The van der Waals surface area contributed by atoms with E-state index in [4.69, 9.17) is 14.8 Å². The summed E-state index contributed by atoms with van der Waals surface area (Å²) in [4.78, 5) is 18.3. The summed E-state index contributed by atoms with van der Waals surface area (Å²) < 4.78 is 7.30. The summed E-state index contributed by atoms with van der Waals surface area (Å²) in [6.45, 7) is 0.0377. The van der Waals surface area contributed by atoms with Crippen LogP contribution in [0, 0.1) is 0 Å². The summed E-state index contributed by atoms with van der Waals surface area (Å²) >= 11 is 3.13. The molecule has 0 fully saturated rings. The summed E-state index contributed by atoms with van der Waals surface area (Å²) in [7, 11) is 0. The van der Waals surface area contributed by atoms with Gasteiger partial charge in [0.2, 0.25) is 4.80 Å². The molecule has 0 saturated heterocycles. The third-order valence-corrected chi connectivity index (χ3v) is 6.04. The van der Waals surface area contributed by atoms with Crippen LogP contribution in [-0.4, -0.2) is 23.4 Å². The molecule has 3 heterocycles. The zero-order valence-electron chi connectivity index (χ0n) is 15.7. The maximum absolute atomic E-state index is 11.7. The number of hydrogen-bond donors (Lipinski definition) is 1. The minimum absolute atomic E-state index is 0.0377. The zero-order chi connectivity index (χ0) is 20.3. The van der Waals surface area contributed by atoms with Crippen LogP contribution >= 0.6 is 22.7 Å². The van der Waals surface area contributed by atoms with Crippen molar-refractivity contribution in [1.82, 2.24) is 4.68 Å². The maximum Gasteiger partial charge on any atom is 0.262 e. The Hall–Kier alpha value is -3.49. The minimum Gasteiger partial charge on any atom is -0.482 e. The van der Waals surface area contributed by atoms with E-state index >= 15 is 0 Å². The van der Waals surface area contributed by atoms with Crippen molar-refractivity contribution in [2.24, 2.45) is 10.1 Å². The van der Waals surface area contributed by atoms with Crippen molar-refractivity contribution in [1.29, 1.82) is 0 Å². The minimum atomic E-state index is -0.159. The van der Waals surface area contributed by atoms with Crippen LogP contribution in [-0.2, 0) is 4.79 Å². The Bertz CT molecular complexity index is 1290. The number of ether oxygens (including phenoxy) is 1. The van der Waals surface area contributed by atoms with Gasteiger partial charge in [-0.1, -0.05) is 24.3 Å². The molecule has 1 amide bonds. The molecule has 0 spiro atoms. The van der Waals surface area contributed by atoms with Gasteiger partial charge in [-0.05, 0) is 41.8 Å². The molecule has 0 radical (unpaired) electrons. The first-order valence-corrected chi connectivity index (χ1v) is 11.0. The summed E-state index contributed by atoms with van der Waals surface area (Å²) in [5.74, 6) is 0.504. The average molecular weight is 433 g/mol. The number of rotatable bonds is 4. The molecule has 1 aliphatic heterocycles. The molecule has 0 saturated carbocycles. The van der Waals surface area contributed by atoms with Gasteiger partial charge < -0.3 is 10.1 Å². The number of aromatic nitrogens is 1. The zero-order valence-corrected chi connectivity index (χ0v) is 17.3. The Morgan fingerprint density at radius 3 is 2.80 bits per heavy atom. The van der Waals surface area contributed by atoms with Crippen LogP contribution in [0.2, 0.25) is 0 Å². The van der Waals surface area contributed by atoms with Gasteiger partial charge in [0, 0.05) is 15.8 Å². The molecule has 1 aliphatic rings. The molecule has 5 rings (SSSR count). The van der Waals surface area contributed by atoms with Crippen molar-refractivity contribution in [2.75, 3.05) is 11.9 Å². The normalized spacial score (nSPS) is 13.9. The summed E-state index contributed by atoms with van der Waals surface area (Å²) in [6, 6.07) is 19.5. The molecule has 0 atom stereocenters. The number of benzene rings is 2. The van der Waals surface area contributed by atoms with Gasteiger partial charge in [-0.2, -0.15) is 5.10 Å². The molecular formula is C22H16N4O2S2. The van der Waals surface area contributed by atoms with Crippen molar-refractivity contribution >= 4 is 46.2 Å². The van der Waals surface area contributed by atoms with E-state index in [-0.39, 0.29) is 12.5 Å². The van der Waals surface area contributed by atoms with Crippen molar-refractivity contribution in [3.63, 3.8) is 0 Å². The van der Waals surface area contributed by atoms with Gasteiger partial charge in [0.05, 0.1) is 23.3 Å². The molecule has 0 unspecified atom stereocenters. The van der Waals surface area contributed by atoms with Gasteiger partial charge in [-0.15, -0.1) is 22.7 Å². The lowest BCUT2D eigenvalue weighted by molar-refractivity contribution is -0.118. The summed E-state index contributed by atoms with van der Waals surface area (Å²) in [5, 5.41) is 11.6. The van der Waals surface area contributed by atoms with Gasteiger partial charge in [-0.25, -0.2) is 9.67 Å². The number of fused-ring (bicyclic) bond motifs is 1. The number of nitrogens with one attached hydrogen (secondary N) is 1. The van der Waals surface area contributed by atoms with Crippen LogP contribution in [0.3, 0.4) is 0 Å². The number of anilines is 1. The maximum atomic E-state index is 11.7. The van der Waals surface area contributed by atoms with Gasteiger partial charge >= 0.3 is 0 Å². The van der Waals surface area contributed by atoms with Crippen molar-refractivity contribution in [2.45, 2.75) is 0 Å². The van der Waals surface area contributed by atoms with E-state index < -0.39 is 0 Å². The predicted octanol–water partition coefficient (Wildman–Crippen LogP) is 4.72. The number of thiophene rings is 1. The number of amides is 1. The van der Waals surface area contributed by atoms with Crippen LogP contribution in [0.4, 0.5) is 11.4 Å². The molecule has 8 heteroatoms. The molecule has 1 N–H and O–H groups in total. The Morgan fingerprint density at radius 1 is 1.07 bits per heavy atom. The number of thiazole rings is 1. The molecule has 6 nitrogen and oxygen atoms in total. The quantitative estimate of drug-likeness (QED) is 0.474. The fourth-order valence-electron chi connectivity index (χ4n) is 3.02. The van der Waals surface area contributed by atoms with Gasteiger partial charge in [0.15, 0.2) is 6.61 Å². The Kier molecular flexibility index (Phi) is 5.00. The third-order valence-electron chi connectivity index (χ3n) is 4.42. The molecule has 148 valence electrons. The second-order valence-electron chi connectivity index (χ2n) is 6.47. The van der Waals surface area contributed by atoms with Crippen LogP contribution in [0.25, 0.3) is 11.3 Å². The highest BCUT2D eigenvalue weighted by atomic mass is 32.1. The summed E-state index contributed by atoms with van der Waals surface area (Å²) in [6.07, 6.45) is 1.83. The van der Waals surface area contributed by atoms with Crippen LogP contribution in [0.5, 0.6) is 5.75 Å². The third kappa shape index (κ3) is 3.83. The lowest BCUT2D eigenvalue weighted by Crippen LogP contribution is -2.25. The smallest absolute Gasteiger partial charge is 0.262 e. The molecular weight excluding hydrogens is 416 g/mol. The number of para-hydroxylation sites is 1. The fraction of sp³-hybridized carbons (Fsp3) is 0.0455. The van der Waals surface area contributed by atoms with E-state index in [0.717, 1.165) is 26.6 Å². The van der Waals surface area contributed by atoms with Gasteiger partial charge in [-0.3, -0.25) is 4.79 Å². The SMILES string of the molecule is O=C1COc2ccc(-c3csc(=Nc4ccccc4)n3N=Cc3cccs3)cc2N1. The second kappa shape index (κ2) is 8.10. The molecule has 0 bridgehead atoms. The molecule has 2 aromatic heterocycles. The molecule has 30 heavy (non-hydrogen) atoms. The lowest BCUT2D eigenvalue weighted by atomic mass is 10.1. The van der Waals surface area contributed by atoms with Crippen molar-refractivity contribution in [3.8, 4) is 17.0 Å². The van der Waals surface area contributed by atoms with Crippen molar-refractivity contribution in [3.05, 3.63) is 81.1 Å². The lowest BCUT2D eigenvalue weighted by Gasteiger charge is -2.18. The van der Waals surface area contributed by atoms with E-state index in [1.54, 1.807) is 11.3 Å². The first-order valence-electron chi connectivity index (χ1n) is 9.21. The van der Waals surface area contributed by atoms with E-state index in [9.17, 15) is 4.79 Å². The monoisotopic (exact) mass is 432 g/mol. The van der Waals surface area contributed by atoms with Crippen molar-refractivity contribution < 1.29 is 9.53 Å². The largest absolute Gasteiger partial charge is 0.482 e. The predicted molar refractivity (Wildman–Crippen MR) is 121 cm³/mol. The van der Waals surface area contributed by atoms with E-state index in [2.05, 4.69) is 5.32 Å². The fourth-order valence-corrected chi connectivity index (χ4v) is 4.46. The Labute approximate surface area is 180 Å². The molecule has 4 aromatic rings. The van der Waals surface area contributed by atoms with Gasteiger partial charge in [0.25, 0.3) is 5.91 Å². The molecule has 2 aromatic carbocycles. The van der Waals surface area contributed by atoms with Crippen LogP contribution in [0.15, 0.2) is 81.5 Å². The topological polar surface area (TPSA) is 68.0 Å². The highest BCUT2D eigenvalue weighted by Crippen LogP contribution is 2.33. The van der Waals surface area contributed by atoms with Crippen LogP contribution < -0.4 is 14.9 Å². The Morgan fingerprint density at radius 2 is 1.97 bits per heavy atom. The number of carbonyl (C=O) groups excluding carboxylic acids is 1. The first-order chi connectivity index (χ1) is 14.8. The number of hydrogen-bond acceptors (Lipinski definition) is 6. The van der Waals surface area contributed by atoms with E-state index in [1.165, 1.54) is 11.3 Å². The standard InChI is InChI=1S/C22H16N4O2S2/c27-21-13-28-20-9-8-15(11-18(20)25-21)19-14-30-22(24-16-5-2-1-3-6-16)26(19)23-12-17-7-4-10-29-17/h1-12,14H,13H2,(H,25,27). The summed E-state index contributed by atoms with van der Waals surface area (Å²) in [5.41, 5.74) is 3.31. The highest BCUT2D eigenvalue weighted by molar-refractivity contribution is 7.11.